The van der Waals surface area contributed by atoms with Crippen molar-refractivity contribution in [3.8, 4) is 0 Å². The molecule has 146 valence electrons. The first-order chi connectivity index (χ1) is 12.3. The zero-order valence-corrected chi connectivity index (χ0v) is 16.1. The Hall–Kier alpha value is -0.480. The molecule has 5 aliphatic carbocycles. The van der Waals surface area contributed by atoms with Crippen molar-refractivity contribution < 1.29 is 13.9 Å². The first-order valence-electron chi connectivity index (χ1n) is 10.8. The summed E-state index contributed by atoms with van der Waals surface area (Å²) in [6, 6.07) is 0.451. The summed E-state index contributed by atoms with van der Waals surface area (Å²) in [6.07, 6.45) is 9.72. The van der Waals surface area contributed by atoms with Gasteiger partial charge in [-0.25, -0.2) is 0 Å². The second-order valence-corrected chi connectivity index (χ2v) is 10.5. The Bertz CT molecular complexity index is 630. The molecule has 5 aliphatic rings. The van der Waals surface area contributed by atoms with E-state index in [-0.39, 0.29) is 18.0 Å². The molecular formula is C22H33F2NO. The number of hydrogen-bond acceptors (Lipinski definition) is 2. The van der Waals surface area contributed by atoms with Gasteiger partial charge in [0.2, 0.25) is 0 Å². The molecule has 0 saturated heterocycles. The highest BCUT2D eigenvalue weighted by molar-refractivity contribution is 5.35. The van der Waals surface area contributed by atoms with Gasteiger partial charge in [0.1, 0.15) is 6.10 Å². The van der Waals surface area contributed by atoms with E-state index in [0.29, 0.717) is 29.2 Å². The lowest BCUT2D eigenvalue weighted by molar-refractivity contribution is -0.151. The fourth-order valence-electron chi connectivity index (χ4n) is 7.54. The lowest BCUT2D eigenvalue weighted by atomic mass is 9.46. The Morgan fingerprint density at radius 2 is 1.85 bits per heavy atom. The maximum absolute atomic E-state index is 15.1. The molecule has 4 heteroatoms. The number of aliphatic hydroxyl groups excluding tert-OH is 1. The average Bonchev–Trinajstić information content (AvgIpc) is 3.30. The molecule has 0 heterocycles. The Kier molecular flexibility index (Phi) is 3.75. The minimum Gasteiger partial charge on any atom is -0.386 e. The van der Waals surface area contributed by atoms with Crippen LogP contribution < -0.4 is 5.32 Å². The molecule has 0 aromatic heterocycles. The first-order valence-corrected chi connectivity index (χ1v) is 10.8. The molecule has 2 nitrogen and oxygen atoms in total. The predicted octanol–water partition coefficient (Wildman–Crippen LogP) is 4.68. The lowest BCUT2D eigenvalue weighted by Gasteiger charge is -2.61. The number of nitrogens with one attached hydrogen (secondary N) is 1. The molecule has 0 aromatic carbocycles. The topological polar surface area (TPSA) is 32.3 Å². The van der Waals surface area contributed by atoms with Gasteiger partial charge in [-0.1, -0.05) is 26.3 Å². The van der Waals surface area contributed by atoms with Crippen molar-refractivity contribution in [3.05, 3.63) is 11.6 Å². The molecule has 4 saturated carbocycles. The van der Waals surface area contributed by atoms with Crippen LogP contribution in [0.3, 0.4) is 0 Å². The standard InChI is InChI=1S/C22H33F2NO/c1-20-10-3-4-15(20)14-7-8-17-21(2,16(14)9-11-20)18(25-13-5-6-13)12-19(26)22(17,23)24/h8,13-16,18-19,25-26H,3-7,9-12H2,1-2H3/t14-,15-,16-,18?,19-,20-,21+/m0/s1. The average molecular weight is 366 g/mol. The van der Waals surface area contributed by atoms with Crippen molar-refractivity contribution in [2.45, 2.75) is 95.7 Å². The van der Waals surface area contributed by atoms with Crippen molar-refractivity contribution in [1.29, 1.82) is 0 Å². The molecule has 2 N–H and O–H groups in total. The summed E-state index contributed by atoms with van der Waals surface area (Å²) < 4.78 is 30.1. The molecule has 26 heavy (non-hydrogen) atoms. The van der Waals surface area contributed by atoms with Crippen molar-refractivity contribution in [3.63, 3.8) is 0 Å². The molecule has 0 spiro atoms. The molecule has 1 unspecified atom stereocenters. The monoisotopic (exact) mass is 365 g/mol. The third-order valence-corrected chi connectivity index (χ3v) is 9.14. The molecule has 0 aromatic rings. The zero-order valence-electron chi connectivity index (χ0n) is 16.1. The molecule has 0 radical (unpaired) electrons. The van der Waals surface area contributed by atoms with Gasteiger partial charge in [0.05, 0.1) is 0 Å². The van der Waals surface area contributed by atoms with E-state index < -0.39 is 17.4 Å². The van der Waals surface area contributed by atoms with Gasteiger partial charge in [0.25, 0.3) is 5.92 Å². The maximum Gasteiger partial charge on any atom is 0.295 e. The molecule has 5 rings (SSSR count). The molecule has 0 amide bonds. The van der Waals surface area contributed by atoms with Crippen molar-refractivity contribution in [2.24, 2.45) is 28.6 Å². The summed E-state index contributed by atoms with van der Waals surface area (Å²) in [4.78, 5) is 0. The third-order valence-electron chi connectivity index (χ3n) is 9.14. The number of allylic oxidation sites excluding steroid dienone is 1. The zero-order chi connectivity index (χ0) is 18.3. The van der Waals surface area contributed by atoms with Crippen molar-refractivity contribution in [1.82, 2.24) is 5.32 Å². The number of aliphatic hydroxyl groups is 1. The van der Waals surface area contributed by atoms with Crippen LogP contribution in [0.5, 0.6) is 0 Å². The lowest BCUT2D eigenvalue weighted by Crippen LogP contribution is -2.64. The van der Waals surface area contributed by atoms with E-state index in [2.05, 4.69) is 19.2 Å². The number of hydrogen-bond donors (Lipinski definition) is 2. The Labute approximate surface area is 155 Å². The van der Waals surface area contributed by atoms with Gasteiger partial charge < -0.3 is 10.4 Å². The summed E-state index contributed by atoms with van der Waals surface area (Å²) >= 11 is 0. The van der Waals surface area contributed by atoms with E-state index in [9.17, 15) is 5.11 Å². The molecular weight excluding hydrogens is 332 g/mol. The number of fused-ring (bicyclic) bond motifs is 5. The Balaban J connectivity index is 1.56. The highest BCUT2D eigenvalue weighted by atomic mass is 19.3. The van der Waals surface area contributed by atoms with Crippen LogP contribution in [0.4, 0.5) is 8.78 Å². The van der Waals surface area contributed by atoms with E-state index >= 15 is 8.78 Å². The normalized spacial score (nSPS) is 52.7. The van der Waals surface area contributed by atoms with Crippen LogP contribution in [0.15, 0.2) is 11.6 Å². The van der Waals surface area contributed by atoms with E-state index in [1.807, 2.05) is 6.08 Å². The van der Waals surface area contributed by atoms with Crippen LogP contribution in [0.1, 0.15) is 71.6 Å². The largest absolute Gasteiger partial charge is 0.386 e. The summed E-state index contributed by atoms with van der Waals surface area (Å²) in [5, 5.41) is 13.9. The van der Waals surface area contributed by atoms with Gasteiger partial charge in [0.15, 0.2) is 0 Å². The van der Waals surface area contributed by atoms with Crippen molar-refractivity contribution in [2.75, 3.05) is 0 Å². The predicted molar refractivity (Wildman–Crippen MR) is 98.0 cm³/mol. The van der Waals surface area contributed by atoms with Crippen LogP contribution in [0.2, 0.25) is 0 Å². The Morgan fingerprint density at radius 1 is 1.08 bits per heavy atom. The summed E-state index contributed by atoms with van der Waals surface area (Å²) in [7, 11) is 0. The van der Waals surface area contributed by atoms with Gasteiger partial charge in [0, 0.05) is 23.1 Å². The van der Waals surface area contributed by atoms with E-state index in [0.717, 1.165) is 25.7 Å². The van der Waals surface area contributed by atoms with E-state index in [4.69, 9.17) is 0 Å². The fraction of sp³-hybridized carbons (Fsp3) is 0.909. The smallest absolute Gasteiger partial charge is 0.295 e. The minimum absolute atomic E-state index is 0.0190. The van der Waals surface area contributed by atoms with Crippen LogP contribution in [0.25, 0.3) is 0 Å². The highest BCUT2D eigenvalue weighted by Gasteiger charge is 2.65. The quantitative estimate of drug-likeness (QED) is 0.697. The number of rotatable bonds is 2. The first kappa shape index (κ1) is 17.6. The summed E-state index contributed by atoms with van der Waals surface area (Å²) in [6.45, 7) is 4.55. The maximum atomic E-state index is 15.1. The fourth-order valence-corrected chi connectivity index (χ4v) is 7.54. The van der Waals surface area contributed by atoms with E-state index in [1.165, 1.54) is 25.7 Å². The van der Waals surface area contributed by atoms with Gasteiger partial charge in [-0.2, -0.15) is 8.78 Å². The second-order valence-electron chi connectivity index (χ2n) is 10.5. The SMILES string of the molecule is C[C@@]12CCC[C@H]1[C@@H]1CC=C3C(F)(F)[C@@H](O)CC(NC4CC4)[C@]3(C)[C@H]1CC2. The number of alkyl halides is 2. The summed E-state index contributed by atoms with van der Waals surface area (Å²) in [5.74, 6) is -1.51. The van der Waals surface area contributed by atoms with E-state index in [1.54, 1.807) is 0 Å². The van der Waals surface area contributed by atoms with Gasteiger partial charge in [-0.15, -0.1) is 0 Å². The van der Waals surface area contributed by atoms with Crippen LogP contribution >= 0.6 is 0 Å². The van der Waals surface area contributed by atoms with Gasteiger partial charge in [-0.05, 0) is 74.5 Å². The van der Waals surface area contributed by atoms with Gasteiger partial charge >= 0.3 is 0 Å². The van der Waals surface area contributed by atoms with Crippen LogP contribution in [0, 0.1) is 28.6 Å². The minimum atomic E-state index is -3.07. The third kappa shape index (κ3) is 2.27. The number of halogens is 2. The van der Waals surface area contributed by atoms with Crippen LogP contribution in [-0.2, 0) is 0 Å². The van der Waals surface area contributed by atoms with Crippen molar-refractivity contribution >= 4 is 0 Å². The Morgan fingerprint density at radius 3 is 2.58 bits per heavy atom. The van der Waals surface area contributed by atoms with Crippen LogP contribution in [-0.4, -0.2) is 29.2 Å². The molecule has 7 atom stereocenters. The molecule has 4 fully saturated rings. The van der Waals surface area contributed by atoms with Gasteiger partial charge in [-0.3, -0.25) is 0 Å². The summed E-state index contributed by atoms with van der Waals surface area (Å²) in [5.41, 5.74) is 0.168. The highest BCUT2D eigenvalue weighted by Crippen LogP contribution is 2.66. The molecule has 0 bridgehead atoms. The second kappa shape index (κ2) is 5.53. The molecule has 0 aliphatic heterocycles.